The van der Waals surface area contributed by atoms with Crippen molar-refractivity contribution in [1.82, 2.24) is 9.78 Å². The molecule has 5 nitrogen and oxygen atoms in total. The number of ether oxygens (including phenoxy) is 1. The van der Waals surface area contributed by atoms with Gasteiger partial charge in [-0.2, -0.15) is 5.10 Å². The minimum Gasteiger partial charge on any atom is -0.368 e. The van der Waals surface area contributed by atoms with Crippen LogP contribution < -0.4 is 5.32 Å². The number of hydrogen-bond donors (Lipinski definition) is 1. The molecule has 104 valence electrons. The highest BCUT2D eigenvalue weighted by molar-refractivity contribution is 6.32. The van der Waals surface area contributed by atoms with Crippen molar-refractivity contribution < 1.29 is 9.53 Å². The van der Waals surface area contributed by atoms with Crippen LogP contribution >= 0.6 is 11.6 Å². The number of hydrogen-bond acceptors (Lipinski definition) is 3. The van der Waals surface area contributed by atoms with Gasteiger partial charge in [-0.05, 0) is 25.0 Å². The van der Waals surface area contributed by atoms with E-state index < -0.39 is 0 Å². The SMILES string of the molecule is O=C(Nc1cnn(-c2ccccc2Cl)c1)[C@H]1CCCO1. The van der Waals surface area contributed by atoms with Gasteiger partial charge in [0, 0.05) is 6.61 Å². The van der Waals surface area contributed by atoms with Gasteiger partial charge in [-0.3, -0.25) is 4.79 Å². The normalized spacial score (nSPS) is 18.1. The van der Waals surface area contributed by atoms with Gasteiger partial charge >= 0.3 is 0 Å². The van der Waals surface area contributed by atoms with E-state index in [1.807, 2.05) is 18.2 Å². The Morgan fingerprint density at radius 2 is 2.30 bits per heavy atom. The highest BCUT2D eigenvalue weighted by Gasteiger charge is 2.23. The van der Waals surface area contributed by atoms with E-state index >= 15 is 0 Å². The Balaban J connectivity index is 1.74. The van der Waals surface area contributed by atoms with E-state index in [0.717, 1.165) is 18.5 Å². The van der Waals surface area contributed by atoms with Crippen LogP contribution in [-0.4, -0.2) is 28.4 Å². The molecular weight excluding hydrogens is 278 g/mol. The second kappa shape index (κ2) is 5.64. The predicted octanol–water partition coefficient (Wildman–Crippen LogP) is 2.64. The molecule has 1 N–H and O–H groups in total. The summed E-state index contributed by atoms with van der Waals surface area (Å²) in [5, 5.41) is 7.61. The average Bonchev–Trinajstić information content (AvgIpc) is 3.10. The summed E-state index contributed by atoms with van der Waals surface area (Å²) in [6.07, 6.45) is 4.67. The maximum absolute atomic E-state index is 11.9. The molecule has 2 aromatic rings. The molecule has 1 atom stereocenters. The molecule has 1 aliphatic rings. The molecule has 0 aliphatic carbocycles. The molecule has 1 aliphatic heterocycles. The van der Waals surface area contributed by atoms with Gasteiger partial charge < -0.3 is 10.1 Å². The first-order valence-electron chi connectivity index (χ1n) is 6.46. The van der Waals surface area contributed by atoms with Crippen molar-refractivity contribution in [2.75, 3.05) is 11.9 Å². The van der Waals surface area contributed by atoms with E-state index in [2.05, 4.69) is 10.4 Å². The minimum atomic E-state index is -0.348. The zero-order valence-electron chi connectivity index (χ0n) is 10.8. The van der Waals surface area contributed by atoms with Crippen molar-refractivity contribution in [2.24, 2.45) is 0 Å². The summed E-state index contributed by atoms with van der Waals surface area (Å²) in [6.45, 7) is 0.650. The average molecular weight is 292 g/mol. The van der Waals surface area contributed by atoms with Gasteiger partial charge in [-0.1, -0.05) is 23.7 Å². The van der Waals surface area contributed by atoms with Crippen molar-refractivity contribution >= 4 is 23.2 Å². The number of amides is 1. The molecule has 0 unspecified atom stereocenters. The second-order valence-electron chi connectivity index (χ2n) is 4.62. The van der Waals surface area contributed by atoms with Crippen LogP contribution in [0.5, 0.6) is 0 Å². The topological polar surface area (TPSA) is 56.2 Å². The van der Waals surface area contributed by atoms with Crippen LogP contribution in [0.15, 0.2) is 36.7 Å². The fraction of sp³-hybridized carbons (Fsp3) is 0.286. The summed E-state index contributed by atoms with van der Waals surface area (Å²) in [5.74, 6) is -0.124. The van der Waals surface area contributed by atoms with Crippen molar-refractivity contribution in [1.29, 1.82) is 0 Å². The Morgan fingerprint density at radius 1 is 1.45 bits per heavy atom. The smallest absolute Gasteiger partial charge is 0.253 e. The largest absolute Gasteiger partial charge is 0.368 e. The van der Waals surface area contributed by atoms with Crippen molar-refractivity contribution in [3.05, 3.63) is 41.7 Å². The third kappa shape index (κ3) is 2.69. The fourth-order valence-electron chi connectivity index (χ4n) is 2.16. The Labute approximate surface area is 121 Å². The van der Waals surface area contributed by atoms with Crippen LogP contribution in [0.3, 0.4) is 0 Å². The number of rotatable bonds is 3. The molecular formula is C14H14ClN3O2. The van der Waals surface area contributed by atoms with Crippen LogP contribution in [0.1, 0.15) is 12.8 Å². The molecule has 0 radical (unpaired) electrons. The number of carbonyl (C=O) groups excluding carboxylic acids is 1. The van der Waals surface area contributed by atoms with Gasteiger partial charge in [-0.15, -0.1) is 0 Å². The van der Waals surface area contributed by atoms with E-state index in [-0.39, 0.29) is 12.0 Å². The van der Waals surface area contributed by atoms with Crippen molar-refractivity contribution in [2.45, 2.75) is 18.9 Å². The maximum Gasteiger partial charge on any atom is 0.253 e. The predicted molar refractivity (Wildman–Crippen MR) is 76.2 cm³/mol. The Hall–Kier alpha value is -1.85. The summed E-state index contributed by atoms with van der Waals surface area (Å²) in [7, 11) is 0. The Bertz CT molecular complexity index is 620. The quantitative estimate of drug-likeness (QED) is 0.946. The summed E-state index contributed by atoms with van der Waals surface area (Å²) >= 11 is 6.11. The number of benzene rings is 1. The van der Waals surface area contributed by atoms with E-state index in [1.165, 1.54) is 0 Å². The lowest BCUT2D eigenvalue weighted by Crippen LogP contribution is -2.26. The first-order valence-corrected chi connectivity index (χ1v) is 6.84. The minimum absolute atomic E-state index is 0.124. The zero-order chi connectivity index (χ0) is 13.9. The summed E-state index contributed by atoms with van der Waals surface area (Å²) in [6, 6.07) is 7.40. The number of aromatic nitrogens is 2. The van der Waals surface area contributed by atoms with Gasteiger partial charge in [-0.25, -0.2) is 4.68 Å². The van der Waals surface area contributed by atoms with Crippen molar-refractivity contribution in [3.63, 3.8) is 0 Å². The lowest BCUT2D eigenvalue weighted by Gasteiger charge is -2.08. The van der Waals surface area contributed by atoms with Gasteiger partial charge in [0.15, 0.2) is 0 Å². The van der Waals surface area contributed by atoms with Gasteiger partial charge in [0.1, 0.15) is 6.10 Å². The highest BCUT2D eigenvalue weighted by atomic mass is 35.5. The molecule has 0 saturated carbocycles. The zero-order valence-corrected chi connectivity index (χ0v) is 11.5. The number of anilines is 1. The van der Waals surface area contributed by atoms with E-state index in [0.29, 0.717) is 17.3 Å². The van der Waals surface area contributed by atoms with Crippen molar-refractivity contribution in [3.8, 4) is 5.69 Å². The van der Waals surface area contributed by atoms with Crippen LogP contribution in [0.2, 0.25) is 5.02 Å². The fourth-order valence-corrected chi connectivity index (χ4v) is 2.39. The number of carbonyl (C=O) groups is 1. The summed E-state index contributed by atoms with van der Waals surface area (Å²) < 4.78 is 6.97. The molecule has 6 heteroatoms. The molecule has 0 bridgehead atoms. The molecule has 2 heterocycles. The Kier molecular flexibility index (Phi) is 3.71. The van der Waals surface area contributed by atoms with Gasteiger partial charge in [0.25, 0.3) is 5.91 Å². The van der Waals surface area contributed by atoms with E-state index in [9.17, 15) is 4.79 Å². The van der Waals surface area contributed by atoms with Gasteiger partial charge in [0.05, 0.1) is 28.8 Å². The summed E-state index contributed by atoms with van der Waals surface area (Å²) in [4.78, 5) is 11.9. The first-order chi connectivity index (χ1) is 9.74. The number of nitrogens with one attached hydrogen (secondary N) is 1. The third-order valence-electron chi connectivity index (χ3n) is 3.17. The van der Waals surface area contributed by atoms with E-state index in [1.54, 1.807) is 23.1 Å². The molecule has 1 fully saturated rings. The molecule has 1 saturated heterocycles. The van der Waals surface area contributed by atoms with Crippen LogP contribution in [-0.2, 0) is 9.53 Å². The highest BCUT2D eigenvalue weighted by Crippen LogP contribution is 2.21. The van der Waals surface area contributed by atoms with Crippen LogP contribution in [0.4, 0.5) is 5.69 Å². The first kappa shape index (κ1) is 13.1. The van der Waals surface area contributed by atoms with Crippen LogP contribution in [0.25, 0.3) is 5.69 Å². The second-order valence-corrected chi connectivity index (χ2v) is 5.02. The van der Waals surface area contributed by atoms with E-state index in [4.69, 9.17) is 16.3 Å². The molecule has 1 aromatic heterocycles. The van der Waals surface area contributed by atoms with Crippen LogP contribution in [0, 0.1) is 0 Å². The molecule has 0 spiro atoms. The third-order valence-corrected chi connectivity index (χ3v) is 3.49. The number of para-hydroxylation sites is 1. The standard InChI is InChI=1S/C14H14ClN3O2/c15-11-4-1-2-5-12(11)18-9-10(8-16-18)17-14(19)13-6-3-7-20-13/h1-2,4-5,8-9,13H,3,6-7H2,(H,17,19)/t13-/m1/s1. The lowest BCUT2D eigenvalue weighted by atomic mass is 10.2. The number of halogens is 1. The number of nitrogens with zero attached hydrogens (tertiary/aromatic N) is 2. The Morgan fingerprint density at radius 3 is 3.05 bits per heavy atom. The molecule has 3 rings (SSSR count). The molecule has 20 heavy (non-hydrogen) atoms. The molecule has 1 aromatic carbocycles. The monoisotopic (exact) mass is 291 g/mol. The molecule has 1 amide bonds. The summed E-state index contributed by atoms with van der Waals surface area (Å²) in [5.41, 5.74) is 1.40. The van der Waals surface area contributed by atoms with Gasteiger partial charge in [0.2, 0.25) is 0 Å². The maximum atomic E-state index is 11.9. The lowest BCUT2D eigenvalue weighted by molar-refractivity contribution is -0.124.